The topological polar surface area (TPSA) is 93.4 Å². The third kappa shape index (κ3) is 2.25. The largest absolute Gasteiger partial charge is 0.368 e. The van der Waals surface area contributed by atoms with Crippen molar-refractivity contribution in [2.75, 3.05) is 6.54 Å². The van der Waals surface area contributed by atoms with E-state index in [0.717, 1.165) is 15.6 Å². The van der Waals surface area contributed by atoms with Crippen molar-refractivity contribution in [2.45, 2.75) is 30.0 Å². The summed E-state index contributed by atoms with van der Waals surface area (Å²) in [5, 5.41) is 0. The molecule has 1 fully saturated rings. The van der Waals surface area contributed by atoms with E-state index in [0.29, 0.717) is 25.1 Å². The standard InChI is InChI=1S/C9H12ClN3O3S2/c1-5-8(17-9(10)12-5)18(15,16)13-4-2-3-6(13)7(11)14/h6H,2-4H2,1H3,(H2,11,14). The average molecular weight is 310 g/mol. The van der Waals surface area contributed by atoms with Gasteiger partial charge in [0.05, 0.1) is 5.69 Å². The summed E-state index contributed by atoms with van der Waals surface area (Å²) in [7, 11) is -3.74. The lowest BCUT2D eigenvalue weighted by Crippen LogP contribution is -2.43. The van der Waals surface area contributed by atoms with Crippen molar-refractivity contribution in [3.8, 4) is 0 Å². The van der Waals surface area contributed by atoms with Crippen LogP contribution < -0.4 is 5.73 Å². The van der Waals surface area contributed by atoms with Crippen LogP contribution in [0, 0.1) is 6.92 Å². The number of sulfonamides is 1. The molecule has 1 amide bonds. The van der Waals surface area contributed by atoms with E-state index in [9.17, 15) is 13.2 Å². The van der Waals surface area contributed by atoms with Crippen LogP contribution in [0.25, 0.3) is 0 Å². The molecular formula is C9H12ClN3O3S2. The second-order valence-electron chi connectivity index (χ2n) is 4.02. The number of halogens is 1. The Hall–Kier alpha value is -0.700. The molecule has 1 aromatic rings. The van der Waals surface area contributed by atoms with Crippen molar-refractivity contribution in [1.29, 1.82) is 0 Å². The monoisotopic (exact) mass is 309 g/mol. The number of hydrogen-bond acceptors (Lipinski definition) is 5. The highest BCUT2D eigenvalue weighted by molar-refractivity contribution is 7.91. The number of nitrogens with zero attached hydrogens (tertiary/aromatic N) is 2. The van der Waals surface area contributed by atoms with E-state index in [1.165, 1.54) is 0 Å². The van der Waals surface area contributed by atoms with Crippen LogP contribution in [0.2, 0.25) is 4.47 Å². The lowest BCUT2D eigenvalue weighted by Gasteiger charge is -2.20. The Balaban J connectivity index is 2.43. The molecule has 1 atom stereocenters. The Morgan fingerprint density at radius 1 is 1.61 bits per heavy atom. The average Bonchev–Trinajstić information content (AvgIpc) is 2.84. The first-order valence-electron chi connectivity index (χ1n) is 5.28. The molecule has 100 valence electrons. The summed E-state index contributed by atoms with van der Waals surface area (Å²) >= 11 is 6.60. The zero-order chi connectivity index (χ0) is 13.5. The van der Waals surface area contributed by atoms with Gasteiger partial charge in [-0.3, -0.25) is 4.79 Å². The van der Waals surface area contributed by atoms with E-state index < -0.39 is 22.0 Å². The van der Waals surface area contributed by atoms with Crippen LogP contribution in [-0.4, -0.2) is 36.2 Å². The summed E-state index contributed by atoms with van der Waals surface area (Å²) in [4.78, 5) is 15.1. The quantitative estimate of drug-likeness (QED) is 0.891. The molecule has 1 saturated heterocycles. The first kappa shape index (κ1) is 13.7. The van der Waals surface area contributed by atoms with Crippen molar-refractivity contribution < 1.29 is 13.2 Å². The molecule has 0 radical (unpaired) electrons. The predicted octanol–water partition coefficient (Wildman–Crippen LogP) is 0.743. The number of aromatic nitrogens is 1. The first-order valence-corrected chi connectivity index (χ1v) is 7.91. The van der Waals surface area contributed by atoms with Gasteiger partial charge in [-0.1, -0.05) is 22.9 Å². The Kier molecular flexibility index (Phi) is 3.63. The molecule has 0 aromatic carbocycles. The number of carbonyl (C=O) groups excluding carboxylic acids is 1. The number of aryl methyl sites for hydroxylation is 1. The fourth-order valence-electron chi connectivity index (χ4n) is 2.01. The van der Waals surface area contributed by atoms with E-state index in [1.54, 1.807) is 6.92 Å². The normalized spacial score (nSPS) is 21.3. The van der Waals surface area contributed by atoms with Crippen molar-refractivity contribution in [3.63, 3.8) is 0 Å². The van der Waals surface area contributed by atoms with Crippen LogP contribution in [0.3, 0.4) is 0 Å². The second kappa shape index (κ2) is 4.76. The van der Waals surface area contributed by atoms with Crippen molar-refractivity contribution in [2.24, 2.45) is 5.73 Å². The molecule has 1 aliphatic rings. The third-order valence-electron chi connectivity index (χ3n) is 2.80. The lowest BCUT2D eigenvalue weighted by atomic mass is 10.2. The van der Waals surface area contributed by atoms with Gasteiger partial charge in [-0.25, -0.2) is 13.4 Å². The number of carbonyl (C=O) groups is 1. The highest BCUT2D eigenvalue weighted by atomic mass is 35.5. The van der Waals surface area contributed by atoms with Gasteiger partial charge in [0.25, 0.3) is 10.0 Å². The van der Waals surface area contributed by atoms with E-state index in [4.69, 9.17) is 17.3 Å². The maximum atomic E-state index is 12.4. The van der Waals surface area contributed by atoms with Crippen molar-refractivity contribution in [3.05, 3.63) is 10.2 Å². The van der Waals surface area contributed by atoms with Gasteiger partial charge >= 0.3 is 0 Å². The highest BCUT2D eigenvalue weighted by Gasteiger charge is 2.40. The summed E-state index contributed by atoms with van der Waals surface area (Å²) in [6.07, 6.45) is 1.08. The second-order valence-corrected chi connectivity index (χ2v) is 7.68. The molecule has 2 heterocycles. The maximum absolute atomic E-state index is 12.4. The van der Waals surface area contributed by atoms with Gasteiger partial charge in [-0.15, -0.1) is 0 Å². The molecule has 0 aliphatic carbocycles. The minimum Gasteiger partial charge on any atom is -0.368 e. The molecule has 18 heavy (non-hydrogen) atoms. The fraction of sp³-hybridized carbons (Fsp3) is 0.556. The molecule has 6 nitrogen and oxygen atoms in total. The van der Waals surface area contributed by atoms with Crippen molar-refractivity contribution >= 4 is 38.9 Å². The highest BCUT2D eigenvalue weighted by Crippen LogP contribution is 2.32. The Labute approximate surface area is 114 Å². The third-order valence-corrected chi connectivity index (χ3v) is 6.56. The van der Waals surface area contributed by atoms with Crippen LogP contribution >= 0.6 is 22.9 Å². The number of primary amides is 1. The molecule has 0 spiro atoms. The van der Waals surface area contributed by atoms with E-state index in [2.05, 4.69) is 4.98 Å². The van der Waals surface area contributed by atoms with Gasteiger partial charge in [-0.05, 0) is 19.8 Å². The minimum absolute atomic E-state index is 0.0839. The zero-order valence-electron chi connectivity index (χ0n) is 9.59. The smallest absolute Gasteiger partial charge is 0.255 e. The molecule has 1 aromatic heterocycles. The number of hydrogen-bond donors (Lipinski definition) is 1. The van der Waals surface area contributed by atoms with Gasteiger partial charge < -0.3 is 5.73 Å². The molecule has 1 unspecified atom stereocenters. The van der Waals surface area contributed by atoms with Crippen molar-refractivity contribution in [1.82, 2.24) is 9.29 Å². The molecule has 2 rings (SSSR count). The molecule has 1 aliphatic heterocycles. The first-order chi connectivity index (χ1) is 8.34. The van der Waals surface area contributed by atoms with Crippen LogP contribution in [0.1, 0.15) is 18.5 Å². The summed E-state index contributed by atoms with van der Waals surface area (Å²) in [6.45, 7) is 1.87. The SMILES string of the molecule is Cc1nc(Cl)sc1S(=O)(=O)N1CCCC1C(N)=O. The van der Waals surface area contributed by atoms with E-state index in [1.807, 2.05) is 0 Å². The minimum atomic E-state index is -3.74. The molecular weight excluding hydrogens is 298 g/mol. The van der Waals surface area contributed by atoms with Crippen LogP contribution in [-0.2, 0) is 14.8 Å². The summed E-state index contributed by atoms with van der Waals surface area (Å²) in [5.41, 5.74) is 5.57. The predicted molar refractivity (Wildman–Crippen MR) is 68.0 cm³/mol. The number of amides is 1. The van der Waals surface area contributed by atoms with E-state index in [-0.39, 0.29) is 8.68 Å². The summed E-state index contributed by atoms with van der Waals surface area (Å²) in [6, 6.07) is -0.768. The molecule has 0 saturated carbocycles. The Morgan fingerprint density at radius 3 is 2.78 bits per heavy atom. The van der Waals surface area contributed by atoms with Crippen LogP contribution in [0.15, 0.2) is 4.21 Å². The molecule has 2 N–H and O–H groups in total. The van der Waals surface area contributed by atoms with Crippen LogP contribution in [0.4, 0.5) is 0 Å². The van der Waals surface area contributed by atoms with Gasteiger partial charge in [-0.2, -0.15) is 4.31 Å². The van der Waals surface area contributed by atoms with Gasteiger partial charge in [0.2, 0.25) is 5.91 Å². The maximum Gasteiger partial charge on any atom is 0.255 e. The Bertz CT molecular complexity index is 584. The van der Waals surface area contributed by atoms with Crippen LogP contribution in [0.5, 0.6) is 0 Å². The Morgan fingerprint density at radius 2 is 2.28 bits per heavy atom. The summed E-state index contributed by atoms with van der Waals surface area (Å²) < 4.78 is 26.2. The van der Waals surface area contributed by atoms with E-state index >= 15 is 0 Å². The summed E-state index contributed by atoms with van der Waals surface area (Å²) in [5.74, 6) is -0.621. The fourth-order valence-corrected chi connectivity index (χ4v) is 5.52. The zero-order valence-corrected chi connectivity index (χ0v) is 12.0. The number of rotatable bonds is 3. The number of nitrogens with two attached hydrogens (primary N) is 1. The van der Waals surface area contributed by atoms with Gasteiger partial charge in [0.15, 0.2) is 8.68 Å². The van der Waals surface area contributed by atoms with Gasteiger partial charge in [0.1, 0.15) is 6.04 Å². The molecule has 9 heteroatoms. The number of thiazole rings is 1. The molecule has 0 bridgehead atoms. The lowest BCUT2D eigenvalue weighted by molar-refractivity contribution is -0.121. The van der Waals surface area contributed by atoms with Gasteiger partial charge in [0, 0.05) is 6.54 Å².